The third-order valence-electron chi connectivity index (χ3n) is 5.69. The highest BCUT2D eigenvalue weighted by atomic mass is 16.7. The molecule has 1 aromatic rings. The zero-order valence-electron chi connectivity index (χ0n) is 15.7. The van der Waals surface area contributed by atoms with E-state index < -0.39 is 5.79 Å². The Morgan fingerprint density at radius 3 is 2.26 bits per heavy atom. The van der Waals surface area contributed by atoms with Crippen LogP contribution in [-0.2, 0) is 14.3 Å². The Hall–Kier alpha value is -2.19. The van der Waals surface area contributed by atoms with Crippen LogP contribution in [0.1, 0.15) is 30.1 Å². The number of amides is 2. The quantitative estimate of drug-likeness (QED) is 0.760. The molecular weight excluding hydrogens is 348 g/mol. The summed E-state index contributed by atoms with van der Waals surface area (Å²) in [5, 5.41) is 0. The Bertz CT molecular complexity index is 701. The molecule has 0 aliphatic carbocycles. The molecule has 0 radical (unpaired) electrons. The molecule has 8 heteroatoms. The minimum atomic E-state index is -0.479. The molecule has 0 bridgehead atoms. The Labute approximate surface area is 159 Å². The first kappa shape index (κ1) is 18.2. The van der Waals surface area contributed by atoms with Gasteiger partial charge in [-0.2, -0.15) is 0 Å². The van der Waals surface area contributed by atoms with E-state index in [-0.39, 0.29) is 11.8 Å². The van der Waals surface area contributed by atoms with Crippen LogP contribution in [0.5, 0.6) is 0 Å². The second-order valence-corrected chi connectivity index (χ2v) is 7.32. The molecule has 0 N–H and O–H groups in total. The van der Waals surface area contributed by atoms with Crippen molar-refractivity contribution in [2.45, 2.75) is 25.6 Å². The van der Waals surface area contributed by atoms with Gasteiger partial charge >= 0.3 is 0 Å². The molecule has 3 aliphatic rings. The van der Waals surface area contributed by atoms with Crippen LogP contribution in [0.4, 0.5) is 5.69 Å². The monoisotopic (exact) mass is 374 g/mol. The molecule has 0 atom stereocenters. The Morgan fingerprint density at radius 1 is 0.963 bits per heavy atom. The van der Waals surface area contributed by atoms with E-state index in [4.69, 9.17) is 9.47 Å². The van der Waals surface area contributed by atoms with Crippen molar-refractivity contribution in [3.63, 3.8) is 0 Å². The Morgan fingerprint density at radius 2 is 1.63 bits per heavy atom. The molecule has 4 rings (SSSR count). The van der Waals surface area contributed by atoms with Crippen LogP contribution < -0.4 is 4.90 Å². The first-order valence-electron chi connectivity index (χ1n) is 9.59. The lowest BCUT2D eigenvalue weighted by molar-refractivity contribution is -0.181. The van der Waals surface area contributed by atoms with E-state index in [1.807, 2.05) is 15.9 Å². The molecular formula is C19H26N4O4. The minimum Gasteiger partial charge on any atom is -0.367 e. The van der Waals surface area contributed by atoms with Gasteiger partial charge in [0.15, 0.2) is 5.79 Å². The van der Waals surface area contributed by atoms with Gasteiger partial charge < -0.3 is 24.2 Å². The smallest absolute Gasteiger partial charge is 0.255 e. The lowest BCUT2D eigenvalue weighted by Crippen LogP contribution is -2.48. The number of anilines is 1. The second kappa shape index (κ2) is 7.44. The number of piperidine rings is 1. The molecule has 8 nitrogen and oxygen atoms in total. The number of nitrogens with zero attached hydrogens (tertiary/aromatic N) is 4. The predicted octanol–water partition coefficient (Wildman–Crippen LogP) is 0.729. The van der Waals surface area contributed by atoms with Crippen molar-refractivity contribution in [3.05, 3.63) is 24.0 Å². The van der Waals surface area contributed by atoms with E-state index >= 15 is 0 Å². The summed E-state index contributed by atoms with van der Waals surface area (Å²) in [5.74, 6) is -0.373. The second-order valence-electron chi connectivity index (χ2n) is 7.32. The standard InChI is InChI=1S/C19H26N4O4/c1-15(24)21-6-8-22(9-7-21)17-12-16(13-20-14-17)18(25)23-4-2-19(3-5-23)26-10-11-27-19/h12-14H,2-11H2,1H3. The molecule has 3 fully saturated rings. The summed E-state index contributed by atoms with van der Waals surface area (Å²) in [5.41, 5.74) is 1.53. The Kier molecular flexibility index (Phi) is 5.01. The summed E-state index contributed by atoms with van der Waals surface area (Å²) in [7, 11) is 0. The van der Waals surface area contributed by atoms with Crippen LogP contribution in [0.3, 0.4) is 0 Å². The Balaban J connectivity index is 1.39. The predicted molar refractivity (Wildman–Crippen MR) is 98.5 cm³/mol. The summed E-state index contributed by atoms with van der Waals surface area (Å²) in [4.78, 5) is 34.5. The van der Waals surface area contributed by atoms with Crippen molar-refractivity contribution < 1.29 is 19.1 Å². The van der Waals surface area contributed by atoms with Gasteiger partial charge in [0.25, 0.3) is 5.91 Å². The molecule has 2 amide bonds. The maximum absolute atomic E-state index is 12.9. The van der Waals surface area contributed by atoms with Crippen LogP contribution in [0.15, 0.2) is 18.5 Å². The van der Waals surface area contributed by atoms with E-state index in [2.05, 4.69) is 9.88 Å². The van der Waals surface area contributed by atoms with Gasteiger partial charge in [0.2, 0.25) is 5.91 Å². The number of hydrogen-bond donors (Lipinski definition) is 0. The average Bonchev–Trinajstić information content (AvgIpc) is 3.16. The molecule has 146 valence electrons. The van der Waals surface area contributed by atoms with Crippen molar-refractivity contribution in [2.24, 2.45) is 0 Å². The topological polar surface area (TPSA) is 75.2 Å². The van der Waals surface area contributed by atoms with Gasteiger partial charge in [0, 0.05) is 65.2 Å². The number of carbonyl (C=O) groups excluding carboxylic acids is 2. The fourth-order valence-corrected chi connectivity index (χ4v) is 4.02. The van der Waals surface area contributed by atoms with E-state index in [0.29, 0.717) is 57.8 Å². The van der Waals surface area contributed by atoms with Crippen molar-refractivity contribution in [1.82, 2.24) is 14.8 Å². The molecule has 1 spiro atoms. The number of piperazine rings is 1. The van der Waals surface area contributed by atoms with Gasteiger partial charge in [0.1, 0.15) is 0 Å². The number of likely N-dealkylation sites (tertiary alicyclic amines) is 1. The normalized spacial score (nSPS) is 22.3. The lowest BCUT2D eigenvalue weighted by Gasteiger charge is -2.38. The summed E-state index contributed by atoms with van der Waals surface area (Å²) in [6, 6.07) is 1.91. The zero-order valence-corrected chi connectivity index (χ0v) is 15.7. The summed E-state index contributed by atoms with van der Waals surface area (Å²) < 4.78 is 11.5. The number of rotatable bonds is 2. The van der Waals surface area contributed by atoms with Gasteiger partial charge in [-0.25, -0.2) is 0 Å². The van der Waals surface area contributed by atoms with Crippen molar-refractivity contribution in [3.8, 4) is 0 Å². The maximum atomic E-state index is 12.9. The summed E-state index contributed by atoms with van der Waals surface area (Å²) in [6.07, 6.45) is 4.83. The molecule has 0 aromatic carbocycles. The third kappa shape index (κ3) is 3.77. The highest BCUT2D eigenvalue weighted by Gasteiger charge is 2.40. The molecule has 3 aliphatic heterocycles. The van der Waals surface area contributed by atoms with Gasteiger partial charge in [-0.05, 0) is 6.07 Å². The highest BCUT2D eigenvalue weighted by molar-refractivity contribution is 5.94. The first-order chi connectivity index (χ1) is 13.1. The average molecular weight is 374 g/mol. The maximum Gasteiger partial charge on any atom is 0.255 e. The number of aromatic nitrogens is 1. The molecule has 3 saturated heterocycles. The van der Waals surface area contributed by atoms with Crippen molar-refractivity contribution in [1.29, 1.82) is 0 Å². The molecule has 4 heterocycles. The number of hydrogen-bond acceptors (Lipinski definition) is 6. The van der Waals surface area contributed by atoms with Crippen LogP contribution in [0.25, 0.3) is 0 Å². The van der Waals surface area contributed by atoms with E-state index in [1.165, 1.54) is 0 Å². The third-order valence-corrected chi connectivity index (χ3v) is 5.69. The van der Waals surface area contributed by atoms with Crippen molar-refractivity contribution >= 4 is 17.5 Å². The molecule has 0 unspecified atom stereocenters. The van der Waals surface area contributed by atoms with Gasteiger partial charge in [-0.15, -0.1) is 0 Å². The summed E-state index contributed by atoms with van der Waals surface area (Å²) >= 11 is 0. The van der Waals surface area contributed by atoms with E-state index in [0.717, 1.165) is 18.8 Å². The summed E-state index contributed by atoms with van der Waals surface area (Å²) in [6.45, 7) is 7.01. The van der Waals surface area contributed by atoms with Crippen LogP contribution in [-0.4, -0.2) is 84.9 Å². The van der Waals surface area contributed by atoms with Gasteiger partial charge in [0.05, 0.1) is 30.7 Å². The first-order valence-corrected chi connectivity index (χ1v) is 9.59. The number of pyridine rings is 1. The largest absolute Gasteiger partial charge is 0.367 e. The van der Waals surface area contributed by atoms with Gasteiger partial charge in [-0.1, -0.05) is 0 Å². The van der Waals surface area contributed by atoms with Crippen LogP contribution >= 0.6 is 0 Å². The number of ether oxygens (including phenoxy) is 2. The van der Waals surface area contributed by atoms with Crippen molar-refractivity contribution in [2.75, 3.05) is 57.4 Å². The van der Waals surface area contributed by atoms with E-state index in [9.17, 15) is 9.59 Å². The fraction of sp³-hybridized carbons (Fsp3) is 0.632. The lowest BCUT2D eigenvalue weighted by atomic mass is 10.0. The SMILES string of the molecule is CC(=O)N1CCN(c2cncc(C(=O)N3CCC4(CC3)OCCO4)c2)CC1. The number of carbonyl (C=O) groups is 2. The van der Waals surface area contributed by atoms with Gasteiger partial charge in [-0.3, -0.25) is 14.6 Å². The fourth-order valence-electron chi connectivity index (χ4n) is 4.02. The van der Waals surface area contributed by atoms with Crippen LogP contribution in [0, 0.1) is 0 Å². The highest BCUT2D eigenvalue weighted by Crippen LogP contribution is 2.31. The molecule has 0 saturated carbocycles. The van der Waals surface area contributed by atoms with E-state index in [1.54, 1.807) is 19.3 Å². The minimum absolute atomic E-state index is 0.000399. The zero-order chi connectivity index (χ0) is 18.9. The molecule has 27 heavy (non-hydrogen) atoms. The molecule has 1 aromatic heterocycles. The van der Waals surface area contributed by atoms with Crippen LogP contribution in [0.2, 0.25) is 0 Å².